The lowest BCUT2D eigenvalue weighted by atomic mass is 10.2. The molecule has 1 N–H and O–H groups in total. The van der Waals surface area contributed by atoms with Gasteiger partial charge in [-0.1, -0.05) is 29.3 Å². The van der Waals surface area contributed by atoms with Gasteiger partial charge in [0.15, 0.2) is 6.61 Å². The van der Waals surface area contributed by atoms with E-state index < -0.39 is 0 Å². The highest BCUT2D eigenvalue weighted by Gasteiger charge is 2.24. The number of hydrogen-bond acceptors (Lipinski definition) is 4. The van der Waals surface area contributed by atoms with Crippen molar-refractivity contribution in [1.82, 2.24) is 10.2 Å². The molecule has 134 valence electrons. The molecular weight excluding hydrogens is 379 g/mol. The first-order chi connectivity index (χ1) is 12.1. The van der Waals surface area contributed by atoms with Crippen LogP contribution < -0.4 is 10.1 Å². The number of ether oxygens (including phenoxy) is 1. The Balaban J connectivity index is 1.53. The van der Waals surface area contributed by atoms with Gasteiger partial charge in [0.25, 0.3) is 5.91 Å². The maximum absolute atomic E-state index is 12.2. The lowest BCUT2D eigenvalue weighted by Gasteiger charge is -2.26. The van der Waals surface area contributed by atoms with Gasteiger partial charge in [0.2, 0.25) is 0 Å². The fraction of sp³-hybridized carbons (Fsp3) is 0.389. The minimum absolute atomic E-state index is 0.0709. The molecule has 0 radical (unpaired) electrons. The average Bonchev–Trinajstić information content (AvgIpc) is 3.28. The Morgan fingerprint density at radius 1 is 1.28 bits per heavy atom. The highest BCUT2D eigenvalue weighted by Crippen LogP contribution is 2.28. The van der Waals surface area contributed by atoms with Gasteiger partial charge in [0.1, 0.15) is 5.75 Å². The van der Waals surface area contributed by atoms with E-state index in [4.69, 9.17) is 27.9 Å². The molecule has 2 heterocycles. The quantitative estimate of drug-likeness (QED) is 0.751. The van der Waals surface area contributed by atoms with E-state index in [2.05, 4.69) is 27.7 Å². The average molecular weight is 399 g/mol. The second kappa shape index (κ2) is 8.90. The molecule has 1 aromatic heterocycles. The molecule has 0 unspecified atom stereocenters. The molecule has 3 rings (SSSR count). The Hall–Kier alpha value is -1.27. The number of thiophene rings is 1. The molecule has 0 bridgehead atoms. The second-order valence-electron chi connectivity index (χ2n) is 5.94. The zero-order chi connectivity index (χ0) is 17.6. The predicted molar refractivity (Wildman–Crippen MR) is 103 cm³/mol. The van der Waals surface area contributed by atoms with Crippen LogP contribution in [0.5, 0.6) is 5.75 Å². The highest BCUT2D eigenvalue weighted by atomic mass is 35.5. The van der Waals surface area contributed by atoms with Crippen LogP contribution in [0.3, 0.4) is 0 Å². The van der Waals surface area contributed by atoms with Crippen LogP contribution >= 0.6 is 34.5 Å². The van der Waals surface area contributed by atoms with Gasteiger partial charge in [0, 0.05) is 16.4 Å². The SMILES string of the molecule is O=C(COc1ccc(Cl)cc1Cl)NC[C@@H](c1cccs1)N1CCCC1. The zero-order valence-corrected chi connectivity index (χ0v) is 16.0. The number of benzene rings is 1. The fourth-order valence-electron chi connectivity index (χ4n) is 2.94. The van der Waals surface area contributed by atoms with Crippen LogP contribution in [0.2, 0.25) is 10.0 Å². The first-order valence-corrected chi connectivity index (χ1v) is 9.89. The van der Waals surface area contributed by atoms with E-state index in [0.717, 1.165) is 13.1 Å². The number of likely N-dealkylation sites (tertiary alicyclic amines) is 1. The lowest BCUT2D eigenvalue weighted by Crippen LogP contribution is -2.38. The summed E-state index contributed by atoms with van der Waals surface area (Å²) in [6, 6.07) is 9.35. The number of carbonyl (C=O) groups excluding carboxylic acids is 1. The van der Waals surface area contributed by atoms with Gasteiger partial charge in [0.05, 0.1) is 11.1 Å². The topological polar surface area (TPSA) is 41.6 Å². The third kappa shape index (κ3) is 5.11. The van der Waals surface area contributed by atoms with Gasteiger partial charge >= 0.3 is 0 Å². The van der Waals surface area contributed by atoms with Gasteiger partial charge in [-0.25, -0.2) is 0 Å². The van der Waals surface area contributed by atoms with Crippen molar-refractivity contribution in [2.75, 3.05) is 26.2 Å². The van der Waals surface area contributed by atoms with E-state index in [-0.39, 0.29) is 18.6 Å². The largest absolute Gasteiger partial charge is 0.482 e. The summed E-state index contributed by atoms with van der Waals surface area (Å²) in [6.07, 6.45) is 2.43. The smallest absolute Gasteiger partial charge is 0.258 e. The van der Waals surface area contributed by atoms with Crippen molar-refractivity contribution in [2.45, 2.75) is 18.9 Å². The number of amides is 1. The standard InChI is InChI=1S/C18H20Cl2N2O2S/c19-13-5-6-16(14(20)10-13)24-12-18(23)21-11-15(17-4-3-9-25-17)22-7-1-2-8-22/h3-6,9-10,15H,1-2,7-8,11-12H2,(H,21,23)/t15-/m0/s1. The third-order valence-corrected chi connectivity index (χ3v) is 5.70. The van der Waals surface area contributed by atoms with Crippen molar-refractivity contribution in [3.8, 4) is 5.75 Å². The van der Waals surface area contributed by atoms with Gasteiger partial charge in [-0.15, -0.1) is 11.3 Å². The fourth-order valence-corrected chi connectivity index (χ4v) is 4.26. The minimum atomic E-state index is -0.160. The third-order valence-electron chi connectivity index (χ3n) is 4.20. The Labute approximate surface area is 161 Å². The number of carbonyl (C=O) groups is 1. The van der Waals surface area contributed by atoms with Crippen LogP contribution in [0.4, 0.5) is 0 Å². The summed E-state index contributed by atoms with van der Waals surface area (Å²) in [5.74, 6) is 0.294. The summed E-state index contributed by atoms with van der Waals surface area (Å²) in [4.78, 5) is 15.9. The first kappa shape index (κ1) is 18.5. The van der Waals surface area contributed by atoms with Crippen LogP contribution in [-0.2, 0) is 4.79 Å². The number of rotatable bonds is 7. The van der Waals surface area contributed by atoms with E-state index in [1.54, 1.807) is 29.5 Å². The number of nitrogens with zero attached hydrogens (tertiary/aromatic N) is 1. The van der Waals surface area contributed by atoms with E-state index in [1.807, 2.05) is 0 Å². The summed E-state index contributed by atoms with van der Waals surface area (Å²) in [6.45, 7) is 2.67. The molecule has 0 spiro atoms. The molecule has 1 aliphatic heterocycles. The maximum Gasteiger partial charge on any atom is 0.258 e. The van der Waals surface area contributed by atoms with Crippen molar-refractivity contribution in [3.05, 3.63) is 50.6 Å². The number of nitrogens with one attached hydrogen (secondary N) is 1. The van der Waals surface area contributed by atoms with E-state index in [1.165, 1.54) is 17.7 Å². The van der Waals surface area contributed by atoms with Crippen LogP contribution in [0.25, 0.3) is 0 Å². The normalized spacial score (nSPS) is 15.9. The van der Waals surface area contributed by atoms with E-state index >= 15 is 0 Å². The maximum atomic E-state index is 12.2. The van der Waals surface area contributed by atoms with Crippen LogP contribution in [0, 0.1) is 0 Å². The van der Waals surface area contributed by atoms with Crippen molar-refractivity contribution < 1.29 is 9.53 Å². The van der Waals surface area contributed by atoms with Gasteiger partial charge in [-0.3, -0.25) is 9.69 Å². The molecule has 0 saturated carbocycles. The molecule has 1 aromatic carbocycles. The minimum Gasteiger partial charge on any atom is -0.482 e. The van der Waals surface area contributed by atoms with Crippen LogP contribution in [0.15, 0.2) is 35.7 Å². The van der Waals surface area contributed by atoms with Gasteiger partial charge < -0.3 is 10.1 Å². The summed E-state index contributed by atoms with van der Waals surface area (Å²) >= 11 is 13.6. The van der Waals surface area contributed by atoms with Gasteiger partial charge in [-0.05, 0) is 55.6 Å². The summed E-state index contributed by atoms with van der Waals surface area (Å²) in [7, 11) is 0. The molecule has 1 atom stereocenters. The Bertz CT molecular complexity index is 703. The van der Waals surface area contributed by atoms with Crippen LogP contribution in [0.1, 0.15) is 23.8 Å². The highest BCUT2D eigenvalue weighted by molar-refractivity contribution is 7.10. The molecule has 2 aromatic rings. The van der Waals surface area contributed by atoms with Crippen LogP contribution in [-0.4, -0.2) is 37.0 Å². The van der Waals surface area contributed by atoms with E-state index in [9.17, 15) is 4.79 Å². The lowest BCUT2D eigenvalue weighted by molar-refractivity contribution is -0.123. The second-order valence-corrected chi connectivity index (χ2v) is 7.76. The van der Waals surface area contributed by atoms with Crippen molar-refractivity contribution in [3.63, 3.8) is 0 Å². The van der Waals surface area contributed by atoms with E-state index in [0.29, 0.717) is 22.3 Å². The monoisotopic (exact) mass is 398 g/mol. The molecule has 1 amide bonds. The summed E-state index contributed by atoms with van der Waals surface area (Å²) < 4.78 is 5.49. The Kier molecular flexibility index (Phi) is 6.59. The van der Waals surface area contributed by atoms with Gasteiger partial charge in [-0.2, -0.15) is 0 Å². The molecule has 7 heteroatoms. The Morgan fingerprint density at radius 3 is 2.76 bits per heavy atom. The van der Waals surface area contributed by atoms with Crippen molar-refractivity contribution >= 4 is 40.4 Å². The zero-order valence-electron chi connectivity index (χ0n) is 13.7. The number of halogens is 2. The molecule has 1 fully saturated rings. The molecule has 1 aliphatic rings. The first-order valence-electron chi connectivity index (χ1n) is 8.25. The molecular formula is C18H20Cl2N2O2S. The number of hydrogen-bond donors (Lipinski definition) is 1. The summed E-state index contributed by atoms with van der Waals surface area (Å²) in [5, 5.41) is 5.99. The molecule has 4 nitrogen and oxygen atoms in total. The molecule has 25 heavy (non-hydrogen) atoms. The predicted octanol–water partition coefficient (Wildman–Crippen LogP) is 4.39. The van der Waals surface area contributed by atoms with Crippen molar-refractivity contribution in [1.29, 1.82) is 0 Å². The molecule has 0 aliphatic carbocycles. The summed E-state index contributed by atoms with van der Waals surface area (Å²) in [5.41, 5.74) is 0. The van der Waals surface area contributed by atoms with Crippen molar-refractivity contribution in [2.24, 2.45) is 0 Å². The molecule has 1 saturated heterocycles. The Morgan fingerprint density at radius 2 is 2.08 bits per heavy atom.